The lowest BCUT2D eigenvalue weighted by atomic mass is 10.2. The number of amides is 1. The van der Waals surface area contributed by atoms with Crippen LogP contribution < -0.4 is 16.0 Å². The van der Waals surface area contributed by atoms with E-state index in [9.17, 15) is 4.79 Å². The summed E-state index contributed by atoms with van der Waals surface area (Å²) in [6, 6.07) is 7.01. The fourth-order valence-corrected chi connectivity index (χ4v) is 3.40. The molecule has 0 aliphatic heterocycles. The standard InChI is InChI=1S/C19H26ClN5OS.HI/c1-3-14-13-25-17(27-14)9-10-23-19(21-4-2)24-12-11-22-18(26)15-7-5-6-8-16(15)20;/h5-8,13H,3-4,9-12H2,1-2H3,(H,22,26)(H2,21,23,24);1H. The molecule has 2 aromatic rings. The van der Waals surface area contributed by atoms with Crippen LogP contribution in [0.3, 0.4) is 0 Å². The Labute approximate surface area is 192 Å². The molecule has 0 atom stereocenters. The molecule has 0 aliphatic carbocycles. The van der Waals surface area contributed by atoms with E-state index in [0.29, 0.717) is 30.2 Å². The number of hydrogen-bond donors (Lipinski definition) is 3. The van der Waals surface area contributed by atoms with Crippen molar-refractivity contribution in [3.05, 3.63) is 50.9 Å². The second-order valence-electron chi connectivity index (χ2n) is 5.75. The van der Waals surface area contributed by atoms with Crippen molar-refractivity contribution < 1.29 is 4.79 Å². The normalized spacial score (nSPS) is 10.9. The van der Waals surface area contributed by atoms with Gasteiger partial charge in [0.2, 0.25) is 0 Å². The third-order valence-electron chi connectivity index (χ3n) is 3.71. The largest absolute Gasteiger partial charge is 0.357 e. The van der Waals surface area contributed by atoms with Gasteiger partial charge in [0.1, 0.15) is 0 Å². The zero-order valence-corrected chi connectivity index (χ0v) is 20.0. The van der Waals surface area contributed by atoms with E-state index >= 15 is 0 Å². The van der Waals surface area contributed by atoms with Crippen LogP contribution in [0.4, 0.5) is 0 Å². The summed E-state index contributed by atoms with van der Waals surface area (Å²) < 4.78 is 0. The summed E-state index contributed by atoms with van der Waals surface area (Å²) in [5.74, 6) is 0.552. The third-order valence-corrected chi connectivity index (χ3v) is 5.24. The number of rotatable bonds is 9. The molecule has 0 fully saturated rings. The van der Waals surface area contributed by atoms with Gasteiger partial charge in [-0.15, -0.1) is 35.3 Å². The summed E-state index contributed by atoms with van der Waals surface area (Å²) in [6.07, 6.45) is 3.78. The van der Waals surface area contributed by atoms with Gasteiger partial charge in [0.25, 0.3) is 5.91 Å². The van der Waals surface area contributed by atoms with Gasteiger partial charge in [0, 0.05) is 43.7 Å². The molecule has 1 amide bonds. The van der Waals surface area contributed by atoms with E-state index in [-0.39, 0.29) is 29.9 Å². The summed E-state index contributed by atoms with van der Waals surface area (Å²) in [6.45, 7) is 6.63. The van der Waals surface area contributed by atoms with Crippen LogP contribution in [0.5, 0.6) is 0 Å². The number of halogens is 2. The van der Waals surface area contributed by atoms with Crippen molar-refractivity contribution in [2.75, 3.05) is 26.2 Å². The van der Waals surface area contributed by atoms with Gasteiger partial charge in [-0.2, -0.15) is 0 Å². The summed E-state index contributed by atoms with van der Waals surface area (Å²) in [5, 5.41) is 10.8. The molecule has 0 saturated heterocycles. The highest BCUT2D eigenvalue weighted by molar-refractivity contribution is 14.0. The number of thiazole rings is 1. The topological polar surface area (TPSA) is 78.4 Å². The third kappa shape index (κ3) is 8.32. The number of hydrogen-bond acceptors (Lipinski definition) is 4. The van der Waals surface area contributed by atoms with Gasteiger partial charge in [-0.05, 0) is 25.5 Å². The molecule has 0 saturated carbocycles. The van der Waals surface area contributed by atoms with Crippen LogP contribution in [0.25, 0.3) is 0 Å². The van der Waals surface area contributed by atoms with Crippen molar-refractivity contribution in [2.24, 2.45) is 4.99 Å². The number of aryl methyl sites for hydroxylation is 1. The monoisotopic (exact) mass is 535 g/mol. The molecule has 1 aromatic carbocycles. The van der Waals surface area contributed by atoms with Crippen LogP contribution in [-0.2, 0) is 12.8 Å². The van der Waals surface area contributed by atoms with E-state index < -0.39 is 0 Å². The Morgan fingerprint density at radius 3 is 2.61 bits per heavy atom. The fraction of sp³-hybridized carbons (Fsp3) is 0.421. The highest BCUT2D eigenvalue weighted by Crippen LogP contribution is 2.14. The van der Waals surface area contributed by atoms with Crippen LogP contribution in [0.2, 0.25) is 5.02 Å². The maximum absolute atomic E-state index is 12.1. The predicted molar refractivity (Wildman–Crippen MR) is 128 cm³/mol. The van der Waals surface area contributed by atoms with Crippen molar-refractivity contribution in [1.82, 2.24) is 20.9 Å². The Morgan fingerprint density at radius 2 is 1.93 bits per heavy atom. The van der Waals surface area contributed by atoms with Gasteiger partial charge < -0.3 is 16.0 Å². The van der Waals surface area contributed by atoms with Crippen molar-refractivity contribution in [3.63, 3.8) is 0 Å². The first kappa shape index (κ1) is 24.6. The molecule has 1 aromatic heterocycles. The van der Waals surface area contributed by atoms with Crippen LogP contribution >= 0.6 is 46.9 Å². The SMILES string of the molecule is CCNC(=NCCc1ncc(CC)s1)NCCNC(=O)c1ccccc1Cl.I. The summed E-state index contributed by atoms with van der Waals surface area (Å²) in [4.78, 5) is 22.4. The second kappa shape index (κ2) is 13.7. The van der Waals surface area contributed by atoms with E-state index in [0.717, 1.165) is 30.4 Å². The van der Waals surface area contributed by atoms with Crippen molar-refractivity contribution in [1.29, 1.82) is 0 Å². The minimum atomic E-state index is -0.181. The maximum atomic E-state index is 12.1. The Morgan fingerprint density at radius 1 is 1.18 bits per heavy atom. The Bertz CT molecular complexity index is 768. The quantitative estimate of drug-likeness (QED) is 0.199. The van der Waals surface area contributed by atoms with Crippen molar-refractivity contribution >= 4 is 58.8 Å². The molecular formula is C19H27ClIN5OS. The molecule has 1 heterocycles. The molecule has 0 aliphatic rings. The minimum Gasteiger partial charge on any atom is -0.357 e. The average Bonchev–Trinajstić information content (AvgIpc) is 3.13. The number of aliphatic imine (C=N–C) groups is 1. The summed E-state index contributed by atoms with van der Waals surface area (Å²) >= 11 is 7.77. The first-order valence-electron chi connectivity index (χ1n) is 9.12. The highest BCUT2D eigenvalue weighted by atomic mass is 127. The molecule has 154 valence electrons. The number of benzene rings is 1. The lowest BCUT2D eigenvalue weighted by Gasteiger charge is -2.12. The second-order valence-corrected chi connectivity index (χ2v) is 7.35. The van der Waals surface area contributed by atoms with E-state index in [2.05, 4.69) is 32.9 Å². The Balaban J connectivity index is 0.00000392. The number of carbonyl (C=O) groups is 1. The first-order valence-corrected chi connectivity index (χ1v) is 10.3. The molecule has 0 unspecified atom stereocenters. The predicted octanol–water partition coefficient (Wildman–Crippen LogP) is 3.50. The summed E-state index contributed by atoms with van der Waals surface area (Å²) in [5.41, 5.74) is 0.481. The van der Waals surface area contributed by atoms with E-state index in [1.54, 1.807) is 35.6 Å². The number of aromatic nitrogens is 1. The maximum Gasteiger partial charge on any atom is 0.252 e. The van der Waals surface area contributed by atoms with Crippen LogP contribution in [0, 0.1) is 0 Å². The fourth-order valence-electron chi connectivity index (χ4n) is 2.33. The van der Waals surface area contributed by atoms with Crippen molar-refractivity contribution in [3.8, 4) is 0 Å². The van der Waals surface area contributed by atoms with Gasteiger partial charge in [-0.25, -0.2) is 4.98 Å². The zero-order valence-electron chi connectivity index (χ0n) is 16.1. The lowest BCUT2D eigenvalue weighted by molar-refractivity contribution is 0.0954. The van der Waals surface area contributed by atoms with Crippen LogP contribution in [-0.4, -0.2) is 43.0 Å². The molecule has 28 heavy (non-hydrogen) atoms. The molecule has 9 heteroatoms. The van der Waals surface area contributed by atoms with Crippen LogP contribution in [0.1, 0.15) is 34.1 Å². The number of nitrogens with zero attached hydrogens (tertiary/aromatic N) is 2. The average molecular weight is 536 g/mol. The molecule has 2 rings (SSSR count). The minimum absolute atomic E-state index is 0. The number of guanidine groups is 1. The van der Waals surface area contributed by atoms with E-state index in [1.807, 2.05) is 13.1 Å². The molecular weight excluding hydrogens is 509 g/mol. The van der Waals surface area contributed by atoms with Gasteiger partial charge in [0.05, 0.1) is 15.6 Å². The number of carbonyl (C=O) groups excluding carboxylic acids is 1. The molecule has 0 bridgehead atoms. The first-order chi connectivity index (χ1) is 13.1. The van der Waals surface area contributed by atoms with E-state index in [4.69, 9.17) is 11.6 Å². The molecule has 3 N–H and O–H groups in total. The molecule has 0 spiro atoms. The van der Waals surface area contributed by atoms with Gasteiger partial charge in [0.15, 0.2) is 5.96 Å². The van der Waals surface area contributed by atoms with Crippen LogP contribution in [0.15, 0.2) is 35.5 Å². The molecule has 6 nitrogen and oxygen atoms in total. The highest BCUT2D eigenvalue weighted by Gasteiger charge is 2.08. The van der Waals surface area contributed by atoms with E-state index in [1.165, 1.54) is 4.88 Å². The van der Waals surface area contributed by atoms with Gasteiger partial charge in [-0.1, -0.05) is 30.7 Å². The zero-order chi connectivity index (χ0) is 19.5. The van der Waals surface area contributed by atoms with Crippen molar-refractivity contribution in [2.45, 2.75) is 26.7 Å². The number of nitrogens with one attached hydrogen (secondary N) is 3. The lowest BCUT2D eigenvalue weighted by Crippen LogP contribution is -2.41. The van der Waals surface area contributed by atoms with Gasteiger partial charge in [-0.3, -0.25) is 9.79 Å². The Kier molecular flexibility index (Phi) is 12.1. The van der Waals surface area contributed by atoms with Gasteiger partial charge >= 0.3 is 0 Å². The molecule has 0 radical (unpaired) electrons. The summed E-state index contributed by atoms with van der Waals surface area (Å²) in [7, 11) is 0. The Hall–Kier alpha value is -1.39. The smallest absolute Gasteiger partial charge is 0.252 e.